The summed E-state index contributed by atoms with van der Waals surface area (Å²) >= 11 is 0. The first kappa shape index (κ1) is 25.8. The van der Waals surface area contributed by atoms with Crippen LogP contribution in [-0.4, -0.2) is 38.7 Å². The van der Waals surface area contributed by atoms with Crippen molar-refractivity contribution in [3.8, 4) is 5.75 Å². The molecule has 192 valence electrons. The number of benzene rings is 3. The van der Waals surface area contributed by atoms with Crippen molar-refractivity contribution in [3.05, 3.63) is 83.9 Å². The second kappa shape index (κ2) is 12.6. The van der Waals surface area contributed by atoms with Crippen LogP contribution in [0.5, 0.6) is 5.75 Å². The smallest absolute Gasteiger partial charge is 0.255 e. The summed E-state index contributed by atoms with van der Waals surface area (Å²) < 4.78 is 17.2. The predicted octanol–water partition coefficient (Wildman–Crippen LogP) is 5.28. The first-order valence-corrected chi connectivity index (χ1v) is 12.3. The highest BCUT2D eigenvalue weighted by molar-refractivity contribution is 6.05. The SMILES string of the molecule is CCCOCCc1ccc2oc(N(C=O)CCOc3ccc(C(=O)Nc4ccccc4N)cc3)cc2c1. The third-order valence-corrected chi connectivity index (χ3v) is 5.79. The molecule has 8 nitrogen and oxygen atoms in total. The molecule has 0 unspecified atom stereocenters. The van der Waals surface area contributed by atoms with Crippen LogP contribution in [0, 0.1) is 0 Å². The lowest BCUT2D eigenvalue weighted by molar-refractivity contribution is -0.107. The van der Waals surface area contributed by atoms with E-state index in [4.69, 9.17) is 19.6 Å². The first-order chi connectivity index (χ1) is 18.1. The minimum Gasteiger partial charge on any atom is -0.492 e. The van der Waals surface area contributed by atoms with Crippen LogP contribution in [0.2, 0.25) is 0 Å². The van der Waals surface area contributed by atoms with Crippen molar-refractivity contribution in [2.75, 3.05) is 42.3 Å². The minimum absolute atomic E-state index is 0.252. The number of fused-ring (bicyclic) bond motifs is 1. The lowest BCUT2D eigenvalue weighted by Crippen LogP contribution is -2.26. The number of hydrogen-bond acceptors (Lipinski definition) is 6. The molecule has 1 aromatic heterocycles. The molecule has 0 saturated carbocycles. The van der Waals surface area contributed by atoms with Crippen molar-refractivity contribution in [2.24, 2.45) is 0 Å². The Morgan fingerprint density at radius 2 is 1.84 bits per heavy atom. The van der Waals surface area contributed by atoms with Crippen LogP contribution in [0.25, 0.3) is 11.0 Å². The van der Waals surface area contributed by atoms with E-state index in [0.29, 0.717) is 47.3 Å². The van der Waals surface area contributed by atoms with Gasteiger partial charge in [-0.3, -0.25) is 14.5 Å². The normalized spacial score (nSPS) is 10.8. The van der Waals surface area contributed by atoms with E-state index in [1.165, 1.54) is 4.90 Å². The Kier molecular flexibility index (Phi) is 8.78. The number of rotatable bonds is 13. The topological polar surface area (TPSA) is 107 Å². The molecule has 4 aromatic rings. The van der Waals surface area contributed by atoms with Crippen molar-refractivity contribution < 1.29 is 23.5 Å². The zero-order chi connectivity index (χ0) is 26.0. The van der Waals surface area contributed by atoms with Crippen molar-refractivity contribution >= 4 is 40.5 Å². The van der Waals surface area contributed by atoms with Crippen LogP contribution >= 0.6 is 0 Å². The Morgan fingerprint density at radius 3 is 2.59 bits per heavy atom. The monoisotopic (exact) mass is 501 g/mol. The first-order valence-electron chi connectivity index (χ1n) is 12.3. The summed E-state index contributed by atoms with van der Waals surface area (Å²) in [5, 5.41) is 3.72. The Hall–Kier alpha value is -4.30. The van der Waals surface area contributed by atoms with E-state index in [9.17, 15) is 9.59 Å². The van der Waals surface area contributed by atoms with Gasteiger partial charge < -0.3 is 24.9 Å². The van der Waals surface area contributed by atoms with Crippen LogP contribution in [-0.2, 0) is 16.0 Å². The van der Waals surface area contributed by atoms with Crippen molar-refractivity contribution in [2.45, 2.75) is 19.8 Å². The quantitative estimate of drug-likeness (QED) is 0.147. The number of nitrogen functional groups attached to an aromatic ring is 1. The number of para-hydroxylation sites is 2. The molecule has 0 saturated heterocycles. The highest BCUT2D eigenvalue weighted by Crippen LogP contribution is 2.27. The second-order valence-electron chi connectivity index (χ2n) is 8.53. The van der Waals surface area contributed by atoms with Crippen molar-refractivity contribution in [3.63, 3.8) is 0 Å². The van der Waals surface area contributed by atoms with Gasteiger partial charge in [-0.15, -0.1) is 0 Å². The van der Waals surface area contributed by atoms with Gasteiger partial charge in [0.25, 0.3) is 5.91 Å². The van der Waals surface area contributed by atoms with E-state index in [0.717, 1.165) is 36.8 Å². The van der Waals surface area contributed by atoms with E-state index in [-0.39, 0.29) is 12.5 Å². The van der Waals surface area contributed by atoms with E-state index >= 15 is 0 Å². The molecule has 0 aliphatic rings. The van der Waals surface area contributed by atoms with Gasteiger partial charge in [0.05, 0.1) is 24.5 Å². The molecule has 0 atom stereocenters. The fraction of sp³-hybridized carbons (Fsp3) is 0.241. The van der Waals surface area contributed by atoms with Crippen LogP contribution in [0.1, 0.15) is 29.3 Å². The number of nitrogens with zero attached hydrogens (tertiary/aromatic N) is 1. The molecule has 1 heterocycles. The van der Waals surface area contributed by atoms with Gasteiger partial charge >= 0.3 is 0 Å². The molecular weight excluding hydrogens is 470 g/mol. The number of hydrogen-bond donors (Lipinski definition) is 2. The van der Waals surface area contributed by atoms with Crippen LogP contribution in [0.3, 0.4) is 0 Å². The third-order valence-electron chi connectivity index (χ3n) is 5.79. The van der Waals surface area contributed by atoms with E-state index in [1.807, 2.05) is 18.2 Å². The lowest BCUT2D eigenvalue weighted by atomic mass is 10.1. The third kappa shape index (κ3) is 6.89. The molecule has 0 aliphatic carbocycles. The minimum atomic E-state index is -0.266. The summed E-state index contributed by atoms with van der Waals surface area (Å²) in [6.07, 6.45) is 2.55. The largest absolute Gasteiger partial charge is 0.492 e. The predicted molar refractivity (Wildman–Crippen MR) is 145 cm³/mol. The Labute approximate surface area is 216 Å². The van der Waals surface area contributed by atoms with E-state index in [1.54, 1.807) is 48.5 Å². The molecule has 37 heavy (non-hydrogen) atoms. The maximum atomic E-state index is 12.5. The molecule has 0 bridgehead atoms. The van der Waals surface area contributed by atoms with Crippen LogP contribution in [0.15, 0.2) is 77.2 Å². The summed E-state index contributed by atoms with van der Waals surface area (Å²) in [6.45, 7) is 4.08. The molecule has 0 fully saturated rings. The fourth-order valence-electron chi connectivity index (χ4n) is 3.80. The molecular formula is C29H31N3O5. The number of nitrogens with one attached hydrogen (secondary N) is 1. The lowest BCUT2D eigenvalue weighted by Gasteiger charge is -2.14. The highest BCUT2D eigenvalue weighted by Gasteiger charge is 2.13. The molecule has 4 rings (SSSR count). The molecule has 2 amide bonds. The zero-order valence-electron chi connectivity index (χ0n) is 20.8. The van der Waals surface area contributed by atoms with Gasteiger partial charge in [-0.05, 0) is 66.9 Å². The molecule has 0 radical (unpaired) electrons. The van der Waals surface area contributed by atoms with Gasteiger partial charge in [0.15, 0.2) is 0 Å². The van der Waals surface area contributed by atoms with Crippen LogP contribution < -0.4 is 20.7 Å². The highest BCUT2D eigenvalue weighted by atomic mass is 16.5. The number of furan rings is 1. The number of carbonyl (C=O) groups excluding carboxylic acids is 2. The maximum absolute atomic E-state index is 12.5. The van der Waals surface area contributed by atoms with Gasteiger partial charge in [0, 0.05) is 23.6 Å². The molecule has 8 heteroatoms. The van der Waals surface area contributed by atoms with Crippen molar-refractivity contribution in [1.82, 2.24) is 0 Å². The second-order valence-corrected chi connectivity index (χ2v) is 8.53. The average molecular weight is 502 g/mol. The maximum Gasteiger partial charge on any atom is 0.255 e. The summed E-state index contributed by atoms with van der Waals surface area (Å²) in [5.74, 6) is 0.777. The van der Waals surface area contributed by atoms with Crippen molar-refractivity contribution in [1.29, 1.82) is 0 Å². The Morgan fingerprint density at radius 1 is 1.03 bits per heavy atom. The Balaban J connectivity index is 1.30. The summed E-state index contributed by atoms with van der Waals surface area (Å²) in [4.78, 5) is 25.7. The Bertz CT molecular complexity index is 1330. The standard InChI is InChI=1S/C29H31N3O5/c1-2-15-35-16-13-21-7-12-27-23(18-21)19-28(37-27)32(20-33)14-17-36-24-10-8-22(9-11-24)29(34)31-26-6-4-3-5-25(26)30/h3-12,18-20H,2,13-17,30H2,1H3,(H,31,34). The number of anilines is 3. The van der Waals surface area contributed by atoms with Gasteiger partial charge in [0.1, 0.15) is 17.9 Å². The van der Waals surface area contributed by atoms with E-state index < -0.39 is 0 Å². The fourth-order valence-corrected chi connectivity index (χ4v) is 3.80. The number of carbonyl (C=O) groups is 2. The molecule has 0 aliphatic heterocycles. The number of ether oxygens (including phenoxy) is 2. The molecule has 3 N–H and O–H groups in total. The zero-order valence-corrected chi connectivity index (χ0v) is 20.8. The summed E-state index contributed by atoms with van der Waals surface area (Å²) in [5.41, 5.74) is 9.29. The van der Waals surface area contributed by atoms with Gasteiger partial charge in [-0.2, -0.15) is 0 Å². The average Bonchev–Trinajstić information content (AvgIpc) is 3.34. The molecule has 0 spiro atoms. The molecule has 3 aromatic carbocycles. The van der Waals surface area contributed by atoms with Gasteiger partial charge in [-0.25, -0.2) is 0 Å². The van der Waals surface area contributed by atoms with E-state index in [2.05, 4.69) is 18.3 Å². The van der Waals surface area contributed by atoms with Gasteiger partial charge in [0.2, 0.25) is 12.3 Å². The number of nitrogens with two attached hydrogens (primary N) is 1. The number of amides is 2. The summed E-state index contributed by atoms with van der Waals surface area (Å²) in [6, 6.07) is 21.7. The van der Waals surface area contributed by atoms with Crippen LogP contribution in [0.4, 0.5) is 17.3 Å². The summed E-state index contributed by atoms with van der Waals surface area (Å²) in [7, 11) is 0. The van der Waals surface area contributed by atoms with Gasteiger partial charge in [-0.1, -0.05) is 25.1 Å².